The Labute approximate surface area is 204 Å². The molecule has 2 saturated heterocycles. The number of hydrogen-bond acceptors (Lipinski definition) is 8. The van der Waals surface area contributed by atoms with Crippen molar-refractivity contribution in [1.29, 1.82) is 0 Å². The van der Waals surface area contributed by atoms with E-state index < -0.39 is 39.2 Å². The molecular weight excluding hydrogens is 506 g/mol. The largest absolute Gasteiger partial charge is 0.403 e. The van der Waals surface area contributed by atoms with Gasteiger partial charge >= 0.3 is 6.18 Å². The molecule has 3 aliphatic rings. The Balaban J connectivity index is 1.18. The molecule has 9 nitrogen and oxygen atoms in total. The lowest BCUT2D eigenvalue weighted by molar-refractivity contribution is -0.166. The van der Waals surface area contributed by atoms with Gasteiger partial charge < -0.3 is 19.6 Å². The minimum absolute atomic E-state index is 0.0534. The van der Waals surface area contributed by atoms with Crippen molar-refractivity contribution in [3.8, 4) is 0 Å². The van der Waals surface area contributed by atoms with Crippen LogP contribution in [0.2, 0.25) is 0 Å². The molecular formula is C22H25F4N5O4S. The van der Waals surface area contributed by atoms with Gasteiger partial charge in [0.25, 0.3) is 5.95 Å². The maximum atomic E-state index is 14.4. The van der Waals surface area contributed by atoms with E-state index in [1.165, 1.54) is 12.1 Å². The maximum Gasteiger partial charge on any atom is 0.403 e. The lowest BCUT2D eigenvalue weighted by Crippen LogP contribution is -2.47. The summed E-state index contributed by atoms with van der Waals surface area (Å²) in [7, 11) is -3.55. The predicted octanol–water partition coefficient (Wildman–Crippen LogP) is 2.89. The van der Waals surface area contributed by atoms with Gasteiger partial charge in [0.1, 0.15) is 17.3 Å². The smallest absolute Gasteiger partial charge is 0.371 e. The normalized spacial score (nSPS) is 22.8. The molecule has 2 aromatic rings. The highest BCUT2D eigenvalue weighted by molar-refractivity contribution is 7.90. The SMILES string of the molecule is CS(=O)(=O)c1ccc(NC2CCN(C3CCN(c4noc(C5(C(F)(F)F)CC5)n4)CC3)C2=O)c(F)c1. The number of nitrogens with zero attached hydrogens (tertiary/aromatic N) is 4. The van der Waals surface area contributed by atoms with Crippen LogP contribution in [0.15, 0.2) is 27.6 Å². The first kappa shape index (κ1) is 24.8. The molecule has 36 heavy (non-hydrogen) atoms. The monoisotopic (exact) mass is 531 g/mol. The van der Waals surface area contributed by atoms with Crippen LogP contribution in [-0.4, -0.2) is 73.5 Å². The van der Waals surface area contributed by atoms with Crippen LogP contribution in [0.3, 0.4) is 0 Å². The number of halogens is 4. The Morgan fingerprint density at radius 3 is 2.42 bits per heavy atom. The topological polar surface area (TPSA) is 109 Å². The van der Waals surface area contributed by atoms with E-state index in [2.05, 4.69) is 15.5 Å². The average molecular weight is 532 g/mol. The van der Waals surface area contributed by atoms with Crippen LogP contribution in [0.1, 0.15) is 38.0 Å². The van der Waals surface area contributed by atoms with Gasteiger partial charge in [0.05, 0.1) is 10.6 Å². The molecule has 0 bridgehead atoms. The van der Waals surface area contributed by atoms with E-state index in [9.17, 15) is 30.8 Å². The summed E-state index contributed by atoms with van der Waals surface area (Å²) in [4.78, 5) is 20.4. The molecule has 2 aliphatic heterocycles. The lowest BCUT2D eigenvalue weighted by Gasteiger charge is -2.36. The highest BCUT2D eigenvalue weighted by Crippen LogP contribution is 2.58. The van der Waals surface area contributed by atoms with Crippen LogP contribution in [0.4, 0.5) is 29.2 Å². The first-order valence-corrected chi connectivity index (χ1v) is 13.5. The first-order chi connectivity index (χ1) is 16.9. The molecule has 1 aromatic carbocycles. The molecule has 1 atom stereocenters. The molecule has 0 radical (unpaired) electrons. The third-order valence-electron chi connectivity index (χ3n) is 7.24. The number of likely N-dealkylation sites (tertiary alicyclic amines) is 1. The number of benzene rings is 1. The van der Waals surface area contributed by atoms with E-state index in [0.717, 1.165) is 12.3 Å². The second kappa shape index (κ2) is 8.60. The van der Waals surface area contributed by atoms with Crippen molar-refractivity contribution in [1.82, 2.24) is 15.0 Å². The zero-order valence-corrected chi connectivity index (χ0v) is 20.2. The van der Waals surface area contributed by atoms with E-state index in [1.54, 1.807) is 9.80 Å². The van der Waals surface area contributed by atoms with E-state index in [-0.39, 0.29) is 41.3 Å². The number of anilines is 2. The molecule has 0 spiro atoms. The van der Waals surface area contributed by atoms with Crippen LogP contribution < -0.4 is 10.2 Å². The molecule has 5 rings (SSSR count). The molecule has 3 fully saturated rings. The Kier molecular flexibility index (Phi) is 5.92. The molecule has 196 valence electrons. The third kappa shape index (κ3) is 4.39. The Morgan fingerprint density at radius 2 is 1.83 bits per heavy atom. The number of hydrogen-bond donors (Lipinski definition) is 1. The fourth-order valence-electron chi connectivity index (χ4n) is 4.89. The number of nitrogens with one attached hydrogen (secondary N) is 1. The van der Waals surface area contributed by atoms with Crippen LogP contribution in [0.5, 0.6) is 0 Å². The van der Waals surface area contributed by atoms with Crippen molar-refractivity contribution >= 4 is 27.4 Å². The number of piperidine rings is 1. The molecule has 1 aliphatic carbocycles. The van der Waals surface area contributed by atoms with Crippen molar-refractivity contribution in [3.63, 3.8) is 0 Å². The number of alkyl halides is 3. The molecule has 1 N–H and O–H groups in total. The van der Waals surface area contributed by atoms with Crippen molar-refractivity contribution in [2.24, 2.45) is 0 Å². The molecule has 1 unspecified atom stereocenters. The van der Waals surface area contributed by atoms with Crippen molar-refractivity contribution in [2.75, 3.05) is 36.1 Å². The maximum absolute atomic E-state index is 14.4. The van der Waals surface area contributed by atoms with E-state index in [4.69, 9.17) is 4.52 Å². The molecule has 1 aromatic heterocycles. The van der Waals surface area contributed by atoms with Crippen molar-refractivity contribution in [3.05, 3.63) is 29.9 Å². The van der Waals surface area contributed by atoms with Gasteiger partial charge in [0.15, 0.2) is 9.84 Å². The molecule has 3 heterocycles. The molecule has 1 amide bonds. The number of amides is 1. The number of carbonyl (C=O) groups excluding carboxylic acids is 1. The standard InChI is InChI=1S/C22H25F4N5O4S/c1-36(33,34)14-2-3-16(15(23)12-14)27-17-6-11-31(18(17)32)13-4-9-30(10-5-13)20-28-19(35-29-20)21(7-8-21)22(24,25)26/h2-3,12-13,17,27H,4-11H2,1H3. The number of carbonyl (C=O) groups is 1. The van der Waals surface area contributed by atoms with Crippen LogP contribution >= 0.6 is 0 Å². The van der Waals surface area contributed by atoms with Crippen molar-refractivity contribution in [2.45, 2.75) is 60.7 Å². The number of rotatable bonds is 6. The zero-order chi connectivity index (χ0) is 25.9. The lowest BCUT2D eigenvalue weighted by atomic mass is 10.0. The quantitative estimate of drug-likeness (QED) is 0.567. The van der Waals surface area contributed by atoms with E-state index in [1.807, 2.05) is 0 Å². The van der Waals surface area contributed by atoms with Crippen LogP contribution in [-0.2, 0) is 20.0 Å². The highest BCUT2D eigenvalue weighted by Gasteiger charge is 2.68. The van der Waals surface area contributed by atoms with Gasteiger partial charge in [-0.1, -0.05) is 0 Å². The predicted molar refractivity (Wildman–Crippen MR) is 120 cm³/mol. The minimum atomic E-state index is -4.43. The number of aromatic nitrogens is 2. The highest BCUT2D eigenvalue weighted by atomic mass is 32.2. The Morgan fingerprint density at radius 1 is 1.14 bits per heavy atom. The van der Waals surface area contributed by atoms with Gasteiger partial charge in [0.2, 0.25) is 11.8 Å². The summed E-state index contributed by atoms with van der Waals surface area (Å²) in [5.74, 6) is -1.20. The number of sulfone groups is 1. The van der Waals surface area contributed by atoms with Gasteiger partial charge in [-0.3, -0.25) is 4.79 Å². The summed E-state index contributed by atoms with van der Waals surface area (Å²) in [6.45, 7) is 1.38. The van der Waals surface area contributed by atoms with Crippen molar-refractivity contribution < 1.29 is 35.3 Å². The summed E-state index contributed by atoms with van der Waals surface area (Å²) < 4.78 is 82.6. The van der Waals surface area contributed by atoms with Gasteiger partial charge in [-0.25, -0.2) is 12.8 Å². The summed E-state index contributed by atoms with van der Waals surface area (Å²) in [5.41, 5.74) is -1.97. The average Bonchev–Trinajstić information content (AvgIpc) is 3.36. The van der Waals surface area contributed by atoms with Crippen LogP contribution in [0, 0.1) is 5.82 Å². The van der Waals surface area contributed by atoms with Gasteiger partial charge in [-0.15, -0.1) is 0 Å². The van der Waals surface area contributed by atoms with Gasteiger partial charge in [-0.05, 0) is 55.5 Å². The van der Waals surface area contributed by atoms with Gasteiger partial charge in [-0.2, -0.15) is 18.2 Å². The minimum Gasteiger partial charge on any atom is -0.371 e. The summed E-state index contributed by atoms with van der Waals surface area (Å²) in [5, 5.41) is 6.64. The first-order valence-electron chi connectivity index (χ1n) is 11.6. The second-order valence-electron chi connectivity index (χ2n) is 9.63. The summed E-state index contributed by atoms with van der Waals surface area (Å²) in [6, 6.07) is 2.81. The molecule has 1 saturated carbocycles. The third-order valence-corrected chi connectivity index (χ3v) is 8.35. The fraction of sp³-hybridized carbons (Fsp3) is 0.591. The van der Waals surface area contributed by atoms with E-state index >= 15 is 0 Å². The zero-order valence-electron chi connectivity index (χ0n) is 19.4. The van der Waals surface area contributed by atoms with Crippen LogP contribution in [0.25, 0.3) is 0 Å². The fourth-order valence-corrected chi connectivity index (χ4v) is 5.52. The molecule has 14 heteroatoms. The Hall–Kier alpha value is -2.90. The van der Waals surface area contributed by atoms with Gasteiger partial charge in [0, 0.05) is 31.9 Å². The summed E-state index contributed by atoms with van der Waals surface area (Å²) >= 11 is 0. The van der Waals surface area contributed by atoms with E-state index in [0.29, 0.717) is 38.9 Å². The Bertz CT molecular complexity index is 1270. The second-order valence-corrected chi connectivity index (χ2v) is 11.6. The summed E-state index contributed by atoms with van der Waals surface area (Å²) in [6.07, 6.45) is -1.95.